The minimum Gasteiger partial charge on any atom is -0.497 e. The number of sulfonamides is 1. The van der Waals surface area contributed by atoms with Gasteiger partial charge in [0.05, 0.1) is 40.0 Å². The van der Waals surface area contributed by atoms with Crippen molar-refractivity contribution in [1.29, 1.82) is 0 Å². The Morgan fingerprint density at radius 3 is 2.44 bits per heavy atom. The van der Waals surface area contributed by atoms with Crippen LogP contribution in [0.3, 0.4) is 0 Å². The summed E-state index contributed by atoms with van der Waals surface area (Å²) in [7, 11) is -2.97. The number of carbonyl (C=O) groups is 1. The molecule has 0 atom stereocenters. The molecule has 4 rings (SSSR count). The average molecular weight is 625 g/mol. The number of halogens is 5. The lowest BCUT2D eigenvalue weighted by Crippen LogP contribution is -2.39. The van der Waals surface area contributed by atoms with Crippen molar-refractivity contribution in [1.82, 2.24) is 10.4 Å². The first-order chi connectivity index (χ1) is 19.3. The molecule has 3 aromatic carbocycles. The van der Waals surface area contributed by atoms with Crippen LogP contribution in [0.4, 0.5) is 18.9 Å². The standard InChI is InChI=1S/C27H21Cl2F3N4O4S/c1-16-3-8-21(9-4-16)41(38,39)36(19-6-10-23(28)22(12-19)27(30,31)32)15-25(37)35-33-14-18-11-17-5-7-20(40-2)13-24(17)34-26(18)29/h3-14H,15H2,1-2H3,(H,35,37)/b33-14-. The monoisotopic (exact) mass is 624 g/mol. The highest BCUT2D eigenvalue weighted by Crippen LogP contribution is 2.38. The normalized spacial score (nSPS) is 12.1. The Morgan fingerprint density at radius 1 is 1.07 bits per heavy atom. The molecule has 0 radical (unpaired) electrons. The van der Waals surface area contributed by atoms with Gasteiger partial charge in [-0.1, -0.05) is 40.9 Å². The quantitative estimate of drug-likeness (QED) is 0.142. The van der Waals surface area contributed by atoms with Gasteiger partial charge in [-0.05, 0) is 55.5 Å². The number of aromatic nitrogens is 1. The SMILES string of the molecule is COc1ccc2cc(/C=N\NC(=O)CN(c3ccc(Cl)c(C(F)(F)F)c3)S(=O)(=O)c3ccc(C)cc3)c(Cl)nc2c1. The number of methoxy groups -OCH3 is 1. The van der Waals surface area contributed by atoms with Crippen LogP contribution >= 0.6 is 23.2 Å². The molecule has 0 saturated carbocycles. The lowest BCUT2D eigenvalue weighted by molar-refractivity contribution is -0.137. The van der Waals surface area contributed by atoms with E-state index in [4.69, 9.17) is 27.9 Å². The van der Waals surface area contributed by atoms with Gasteiger partial charge in [0.1, 0.15) is 17.4 Å². The van der Waals surface area contributed by atoms with Gasteiger partial charge in [-0.2, -0.15) is 18.3 Å². The van der Waals surface area contributed by atoms with Crippen molar-refractivity contribution >= 4 is 61.9 Å². The third kappa shape index (κ3) is 6.89. The molecule has 0 aliphatic heterocycles. The molecular formula is C27H21Cl2F3N4O4S. The summed E-state index contributed by atoms with van der Waals surface area (Å²) in [5.74, 6) is -0.349. The van der Waals surface area contributed by atoms with Crippen LogP contribution in [0.25, 0.3) is 10.9 Å². The summed E-state index contributed by atoms with van der Waals surface area (Å²) in [5, 5.41) is 3.99. The number of amides is 1. The minimum atomic E-state index is -4.86. The molecule has 14 heteroatoms. The number of nitrogens with zero attached hydrogens (tertiary/aromatic N) is 3. The summed E-state index contributed by atoms with van der Waals surface area (Å²) in [6, 6.07) is 15.0. The number of fused-ring (bicyclic) bond motifs is 1. The fourth-order valence-electron chi connectivity index (χ4n) is 3.73. The van der Waals surface area contributed by atoms with Gasteiger partial charge in [0.15, 0.2) is 0 Å². The molecule has 0 aliphatic rings. The highest BCUT2D eigenvalue weighted by Gasteiger charge is 2.35. The third-order valence-electron chi connectivity index (χ3n) is 5.84. The number of rotatable bonds is 8. The summed E-state index contributed by atoms with van der Waals surface area (Å²) in [6.45, 7) is 0.846. The number of ether oxygens (including phenoxy) is 1. The van der Waals surface area contributed by atoms with E-state index in [0.29, 0.717) is 32.6 Å². The number of nitrogens with one attached hydrogen (secondary N) is 1. The minimum absolute atomic E-state index is 0.0770. The van der Waals surface area contributed by atoms with Gasteiger partial charge in [-0.25, -0.2) is 18.8 Å². The van der Waals surface area contributed by atoms with Gasteiger partial charge in [0.2, 0.25) is 0 Å². The molecule has 8 nitrogen and oxygen atoms in total. The first-order valence-corrected chi connectivity index (χ1v) is 13.9. The number of hydrogen-bond acceptors (Lipinski definition) is 6. The Hall–Kier alpha value is -3.87. The lowest BCUT2D eigenvalue weighted by atomic mass is 10.1. The smallest absolute Gasteiger partial charge is 0.417 e. The predicted molar refractivity (Wildman–Crippen MR) is 151 cm³/mol. The zero-order valence-corrected chi connectivity index (χ0v) is 23.7. The van der Waals surface area contributed by atoms with Crippen LogP contribution < -0.4 is 14.5 Å². The van der Waals surface area contributed by atoms with Crippen LogP contribution in [0.1, 0.15) is 16.7 Å². The van der Waals surface area contributed by atoms with Gasteiger partial charge in [0, 0.05) is 17.0 Å². The lowest BCUT2D eigenvalue weighted by Gasteiger charge is -2.25. The zero-order chi connectivity index (χ0) is 29.9. The maximum absolute atomic E-state index is 13.5. The highest BCUT2D eigenvalue weighted by atomic mass is 35.5. The number of aryl methyl sites for hydroxylation is 1. The van der Waals surface area contributed by atoms with Crippen molar-refractivity contribution in [3.05, 3.63) is 93.6 Å². The number of hydrogen-bond donors (Lipinski definition) is 1. The van der Waals surface area contributed by atoms with Gasteiger partial charge in [-0.3, -0.25) is 9.10 Å². The number of pyridine rings is 1. The second kappa shape index (κ2) is 11.9. The first kappa shape index (κ1) is 30.1. The van der Waals surface area contributed by atoms with E-state index >= 15 is 0 Å². The van der Waals surface area contributed by atoms with Gasteiger partial charge in [-0.15, -0.1) is 0 Å². The third-order valence-corrected chi connectivity index (χ3v) is 8.26. The van der Waals surface area contributed by atoms with Crippen LogP contribution in [-0.4, -0.2) is 39.2 Å². The van der Waals surface area contributed by atoms with Crippen LogP contribution in [0.15, 0.2) is 76.7 Å². The summed E-state index contributed by atoms with van der Waals surface area (Å²) < 4.78 is 73.3. The van der Waals surface area contributed by atoms with E-state index < -0.39 is 44.9 Å². The summed E-state index contributed by atoms with van der Waals surface area (Å²) >= 11 is 12.0. The number of alkyl halides is 3. The van der Waals surface area contributed by atoms with Crippen molar-refractivity contribution in [2.24, 2.45) is 5.10 Å². The zero-order valence-electron chi connectivity index (χ0n) is 21.4. The molecule has 1 N–H and O–H groups in total. The van der Waals surface area contributed by atoms with Crippen LogP contribution in [0.2, 0.25) is 10.2 Å². The maximum Gasteiger partial charge on any atom is 0.417 e. The van der Waals surface area contributed by atoms with E-state index in [1.807, 2.05) is 0 Å². The number of anilines is 1. The molecule has 0 spiro atoms. The van der Waals surface area contributed by atoms with Gasteiger partial charge in [0.25, 0.3) is 15.9 Å². The van der Waals surface area contributed by atoms with E-state index in [0.717, 1.165) is 17.7 Å². The maximum atomic E-state index is 13.5. The van der Waals surface area contributed by atoms with Crippen LogP contribution in [-0.2, 0) is 21.0 Å². The van der Waals surface area contributed by atoms with Crippen molar-refractivity contribution in [3.63, 3.8) is 0 Å². The summed E-state index contributed by atoms with van der Waals surface area (Å²) in [5.41, 5.74) is 2.18. The molecule has 1 amide bonds. The molecule has 0 aliphatic carbocycles. The van der Waals surface area contributed by atoms with E-state index in [2.05, 4.69) is 15.5 Å². The van der Waals surface area contributed by atoms with Crippen molar-refractivity contribution in [3.8, 4) is 5.75 Å². The fourth-order valence-corrected chi connectivity index (χ4v) is 5.57. The second-order valence-electron chi connectivity index (χ2n) is 8.71. The largest absolute Gasteiger partial charge is 0.497 e. The van der Waals surface area contributed by atoms with Crippen LogP contribution in [0.5, 0.6) is 5.75 Å². The van der Waals surface area contributed by atoms with Crippen molar-refractivity contribution in [2.75, 3.05) is 18.0 Å². The summed E-state index contributed by atoms with van der Waals surface area (Å²) in [4.78, 5) is 16.9. The molecule has 214 valence electrons. The van der Waals surface area contributed by atoms with Gasteiger partial charge < -0.3 is 4.74 Å². The molecular weight excluding hydrogens is 604 g/mol. The summed E-state index contributed by atoms with van der Waals surface area (Å²) in [6.07, 6.45) is -3.66. The molecule has 0 fully saturated rings. The molecule has 0 saturated heterocycles. The molecule has 1 heterocycles. The highest BCUT2D eigenvalue weighted by molar-refractivity contribution is 7.92. The molecule has 0 bridgehead atoms. The van der Waals surface area contributed by atoms with Crippen LogP contribution in [0, 0.1) is 6.92 Å². The molecule has 4 aromatic rings. The first-order valence-electron chi connectivity index (χ1n) is 11.7. The van der Waals surface area contributed by atoms with E-state index in [9.17, 15) is 26.4 Å². The average Bonchev–Trinajstić information content (AvgIpc) is 2.91. The Labute approximate surface area is 243 Å². The molecule has 0 unspecified atom stereocenters. The van der Waals surface area contributed by atoms with E-state index in [1.54, 1.807) is 31.2 Å². The molecule has 41 heavy (non-hydrogen) atoms. The molecule has 1 aromatic heterocycles. The number of benzene rings is 3. The second-order valence-corrected chi connectivity index (χ2v) is 11.3. The van der Waals surface area contributed by atoms with Gasteiger partial charge >= 0.3 is 6.18 Å². The topological polar surface area (TPSA) is 101 Å². The van der Waals surface area contributed by atoms with E-state index in [1.165, 1.54) is 37.6 Å². The fraction of sp³-hybridized carbons (Fsp3) is 0.148. The number of hydrazone groups is 1. The Balaban J connectivity index is 1.63. The predicted octanol–water partition coefficient (Wildman–Crippen LogP) is 6.22. The Kier molecular flexibility index (Phi) is 8.76. The van der Waals surface area contributed by atoms with E-state index in [-0.39, 0.29) is 10.0 Å². The Bertz CT molecular complexity index is 1750. The number of carbonyl (C=O) groups excluding carboxylic acids is 1. The Morgan fingerprint density at radius 2 is 1.78 bits per heavy atom. The van der Waals surface area contributed by atoms with Crippen molar-refractivity contribution < 1.29 is 31.1 Å². The van der Waals surface area contributed by atoms with Crippen molar-refractivity contribution in [2.45, 2.75) is 18.0 Å².